The monoisotopic (exact) mass is 295 g/mol. The molecule has 0 radical (unpaired) electrons. The zero-order chi connectivity index (χ0) is 14.9. The van der Waals surface area contributed by atoms with Crippen molar-refractivity contribution < 1.29 is 4.39 Å². The van der Waals surface area contributed by atoms with Crippen molar-refractivity contribution in [3.05, 3.63) is 56.5 Å². The molecule has 0 bridgehead atoms. The Hall–Kier alpha value is -1.88. The van der Waals surface area contributed by atoms with Crippen molar-refractivity contribution in [3.63, 3.8) is 0 Å². The van der Waals surface area contributed by atoms with Gasteiger partial charge in [-0.3, -0.25) is 4.79 Å². The number of nitrogens with zero attached hydrogens (tertiary/aromatic N) is 1. The second kappa shape index (κ2) is 5.63. The molecule has 1 heterocycles. The summed E-state index contributed by atoms with van der Waals surface area (Å²) in [4.78, 5) is 18.9. The van der Waals surface area contributed by atoms with Gasteiger partial charge >= 0.3 is 0 Å². The Bertz CT molecular complexity index is 699. The van der Waals surface area contributed by atoms with Gasteiger partial charge in [0.15, 0.2) is 5.82 Å². The summed E-state index contributed by atoms with van der Waals surface area (Å²) in [6.45, 7) is 5.24. The van der Waals surface area contributed by atoms with E-state index in [4.69, 9.17) is 11.6 Å². The lowest BCUT2D eigenvalue weighted by atomic mass is 10.1. The summed E-state index contributed by atoms with van der Waals surface area (Å²) >= 11 is 5.73. The van der Waals surface area contributed by atoms with Gasteiger partial charge < -0.3 is 10.3 Å². The fraction of sp³-hybridized carbons (Fsp3) is 0.286. The second-order valence-electron chi connectivity index (χ2n) is 4.62. The zero-order valence-corrected chi connectivity index (χ0v) is 12.2. The minimum Gasteiger partial charge on any atom is -0.376 e. The summed E-state index contributed by atoms with van der Waals surface area (Å²) in [5.41, 5.74) is 1.13. The van der Waals surface area contributed by atoms with Crippen LogP contribution in [0.25, 0.3) is 0 Å². The van der Waals surface area contributed by atoms with E-state index in [9.17, 15) is 9.18 Å². The van der Waals surface area contributed by atoms with Crippen molar-refractivity contribution in [1.82, 2.24) is 9.97 Å². The Morgan fingerprint density at radius 3 is 2.75 bits per heavy atom. The minimum atomic E-state index is -0.532. The van der Waals surface area contributed by atoms with Crippen molar-refractivity contribution in [2.75, 3.05) is 5.32 Å². The fourth-order valence-corrected chi connectivity index (χ4v) is 2.34. The van der Waals surface area contributed by atoms with E-state index in [-0.39, 0.29) is 22.3 Å². The van der Waals surface area contributed by atoms with E-state index >= 15 is 0 Å². The van der Waals surface area contributed by atoms with Crippen LogP contribution < -0.4 is 10.9 Å². The van der Waals surface area contributed by atoms with Crippen LogP contribution in [0.2, 0.25) is 5.02 Å². The molecule has 2 aromatic rings. The summed E-state index contributed by atoms with van der Waals surface area (Å²) in [7, 11) is 0. The summed E-state index contributed by atoms with van der Waals surface area (Å²) in [5.74, 6) is 0.0209. The molecule has 6 heteroatoms. The van der Waals surface area contributed by atoms with E-state index in [2.05, 4.69) is 15.3 Å². The number of aryl methyl sites for hydroxylation is 2. The third-order valence-electron chi connectivity index (χ3n) is 3.02. The normalized spacial score (nSPS) is 12.2. The first kappa shape index (κ1) is 14.5. The molecular weight excluding hydrogens is 281 g/mol. The lowest BCUT2D eigenvalue weighted by Gasteiger charge is -2.17. The maximum absolute atomic E-state index is 13.8. The van der Waals surface area contributed by atoms with E-state index in [1.807, 2.05) is 0 Å². The molecule has 2 rings (SSSR count). The van der Waals surface area contributed by atoms with Gasteiger partial charge in [-0.15, -0.1) is 0 Å². The van der Waals surface area contributed by atoms with Crippen molar-refractivity contribution >= 4 is 17.3 Å². The maximum atomic E-state index is 13.8. The Morgan fingerprint density at radius 1 is 1.40 bits per heavy atom. The average Bonchev–Trinajstić information content (AvgIpc) is 2.33. The second-order valence-corrected chi connectivity index (χ2v) is 5.03. The minimum absolute atomic E-state index is 0.0369. The van der Waals surface area contributed by atoms with Crippen LogP contribution in [0.4, 0.5) is 10.1 Å². The molecule has 1 aromatic carbocycles. The van der Waals surface area contributed by atoms with E-state index < -0.39 is 5.82 Å². The lowest BCUT2D eigenvalue weighted by Crippen LogP contribution is -2.23. The Morgan fingerprint density at radius 2 is 2.10 bits per heavy atom. The molecule has 2 N–H and O–H groups in total. The van der Waals surface area contributed by atoms with Crippen LogP contribution in [-0.4, -0.2) is 9.97 Å². The van der Waals surface area contributed by atoms with Gasteiger partial charge in [0.1, 0.15) is 5.82 Å². The van der Waals surface area contributed by atoms with Crippen LogP contribution in [0.3, 0.4) is 0 Å². The van der Waals surface area contributed by atoms with Crippen LogP contribution in [-0.2, 0) is 0 Å². The summed E-state index contributed by atoms with van der Waals surface area (Å²) in [6.07, 6.45) is 0. The highest BCUT2D eigenvalue weighted by Gasteiger charge is 2.16. The van der Waals surface area contributed by atoms with Gasteiger partial charge in [-0.25, -0.2) is 9.37 Å². The first-order valence-corrected chi connectivity index (χ1v) is 6.56. The number of rotatable bonds is 3. The Kier molecular flexibility index (Phi) is 4.09. The van der Waals surface area contributed by atoms with Crippen LogP contribution >= 0.6 is 11.6 Å². The van der Waals surface area contributed by atoms with Gasteiger partial charge in [0.25, 0.3) is 5.56 Å². The molecule has 0 aliphatic carbocycles. The molecule has 0 fully saturated rings. The molecule has 0 amide bonds. The van der Waals surface area contributed by atoms with E-state index in [1.54, 1.807) is 32.9 Å². The number of aromatic nitrogens is 2. The third-order valence-corrected chi connectivity index (χ3v) is 3.31. The zero-order valence-electron chi connectivity index (χ0n) is 11.4. The number of nitrogens with one attached hydrogen (secondary N) is 2. The highest BCUT2D eigenvalue weighted by atomic mass is 35.5. The number of anilines is 1. The van der Waals surface area contributed by atoms with Gasteiger partial charge in [-0.1, -0.05) is 17.7 Å². The van der Waals surface area contributed by atoms with Crippen molar-refractivity contribution in [2.24, 2.45) is 0 Å². The Labute approximate surface area is 121 Å². The molecule has 0 saturated carbocycles. The number of H-pyrrole nitrogens is 1. The van der Waals surface area contributed by atoms with Gasteiger partial charge in [0, 0.05) is 0 Å². The molecule has 106 valence electrons. The fourth-order valence-electron chi connectivity index (χ4n) is 2.17. The van der Waals surface area contributed by atoms with Crippen molar-refractivity contribution in [3.8, 4) is 0 Å². The number of hydrogen-bond donors (Lipinski definition) is 2. The van der Waals surface area contributed by atoms with Gasteiger partial charge in [-0.2, -0.15) is 0 Å². The van der Waals surface area contributed by atoms with Crippen LogP contribution in [0.5, 0.6) is 0 Å². The van der Waals surface area contributed by atoms with Gasteiger partial charge in [0.05, 0.1) is 28.0 Å². The molecule has 1 atom stereocenters. The molecule has 1 unspecified atom stereocenters. The highest BCUT2D eigenvalue weighted by Crippen LogP contribution is 2.25. The first-order chi connectivity index (χ1) is 9.40. The predicted molar refractivity (Wildman–Crippen MR) is 77.8 cm³/mol. The van der Waals surface area contributed by atoms with Gasteiger partial charge in [0.2, 0.25) is 0 Å². The lowest BCUT2D eigenvalue weighted by molar-refractivity contribution is 0.627. The largest absolute Gasteiger partial charge is 0.376 e. The molecule has 0 aliphatic heterocycles. The van der Waals surface area contributed by atoms with Crippen LogP contribution in [0.15, 0.2) is 23.0 Å². The molecule has 20 heavy (non-hydrogen) atoms. The standard InChI is InChI=1S/C14H15ClFN3O/c1-7-12(14(20)19-9(3)17-7)8(2)18-11-6-4-5-10(15)13(11)16/h4-6,8,18H,1-3H3,(H,17,19,20). The average molecular weight is 296 g/mol. The quantitative estimate of drug-likeness (QED) is 0.913. The number of benzene rings is 1. The van der Waals surface area contributed by atoms with Gasteiger partial charge in [-0.05, 0) is 32.9 Å². The van der Waals surface area contributed by atoms with Crippen molar-refractivity contribution in [2.45, 2.75) is 26.8 Å². The van der Waals surface area contributed by atoms with E-state index in [0.717, 1.165) is 0 Å². The smallest absolute Gasteiger partial charge is 0.256 e. The SMILES string of the molecule is Cc1nc(C)c(C(C)Nc2cccc(Cl)c2F)c(=O)[nH]1. The molecule has 0 aliphatic rings. The summed E-state index contributed by atoms with van der Waals surface area (Å²) in [5, 5.41) is 2.99. The number of halogens is 2. The molecule has 4 nitrogen and oxygen atoms in total. The van der Waals surface area contributed by atoms with Crippen molar-refractivity contribution in [1.29, 1.82) is 0 Å². The first-order valence-electron chi connectivity index (χ1n) is 6.18. The number of hydrogen-bond acceptors (Lipinski definition) is 3. The summed E-state index contributed by atoms with van der Waals surface area (Å²) < 4.78 is 13.8. The third kappa shape index (κ3) is 2.82. The highest BCUT2D eigenvalue weighted by molar-refractivity contribution is 6.31. The summed E-state index contributed by atoms with van der Waals surface area (Å²) in [6, 6.07) is 4.30. The molecule has 0 saturated heterocycles. The topological polar surface area (TPSA) is 57.8 Å². The van der Waals surface area contributed by atoms with E-state index in [0.29, 0.717) is 17.1 Å². The molecular formula is C14H15ClFN3O. The molecule has 0 spiro atoms. The van der Waals surface area contributed by atoms with E-state index in [1.165, 1.54) is 6.07 Å². The predicted octanol–water partition coefficient (Wildman–Crippen LogP) is 3.35. The van der Waals surface area contributed by atoms with Crippen LogP contribution in [0, 0.1) is 19.7 Å². The maximum Gasteiger partial charge on any atom is 0.256 e. The van der Waals surface area contributed by atoms with Crippen LogP contribution in [0.1, 0.15) is 30.0 Å². The Balaban J connectivity index is 2.36. The molecule has 1 aromatic heterocycles. The number of aromatic amines is 1.